The van der Waals surface area contributed by atoms with Crippen LogP contribution in [0.4, 0.5) is 10.6 Å². The topological polar surface area (TPSA) is 108 Å². The van der Waals surface area contributed by atoms with E-state index in [1.165, 1.54) is 0 Å². The average molecular weight is 460 g/mol. The molecule has 0 aliphatic carbocycles. The maximum absolute atomic E-state index is 12.1. The molecule has 0 spiro atoms. The van der Waals surface area contributed by atoms with Crippen LogP contribution in [0.5, 0.6) is 5.75 Å². The number of urea groups is 1. The van der Waals surface area contributed by atoms with Crippen LogP contribution < -0.4 is 20.3 Å². The first-order valence-corrected chi connectivity index (χ1v) is 11.4. The number of rotatable bonds is 7. The van der Waals surface area contributed by atoms with Crippen LogP contribution in [-0.2, 0) is 0 Å². The number of anilines is 1. The SMILES string of the molecule is C=CCNC(=O)NC1(C)CCN(c2ccc(-c3cc(OCC)cn4ncc(C#N)c34)cn2)CC1. The van der Waals surface area contributed by atoms with Crippen LogP contribution in [-0.4, -0.2) is 52.4 Å². The number of piperidine rings is 1. The number of hydrogen-bond acceptors (Lipinski definition) is 6. The Morgan fingerprint density at radius 1 is 1.35 bits per heavy atom. The molecule has 0 bridgehead atoms. The van der Waals surface area contributed by atoms with Gasteiger partial charge in [0.1, 0.15) is 17.6 Å². The van der Waals surface area contributed by atoms with Gasteiger partial charge in [0.05, 0.1) is 30.1 Å². The molecule has 4 heterocycles. The van der Waals surface area contributed by atoms with E-state index in [-0.39, 0.29) is 11.6 Å². The number of amides is 2. The number of ether oxygens (including phenoxy) is 1. The summed E-state index contributed by atoms with van der Waals surface area (Å²) in [6.45, 7) is 10.2. The Kier molecular flexibility index (Phi) is 6.68. The quantitative estimate of drug-likeness (QED) is 0.524. The smallest absolute Gasteiger partial charge is 0.315 e. The number of hydrogen-bond donors (Lipinski definition) is 2. The molecule has 34 heavy (non-hydrogen) atoms. The highest BCUT2D eigenvalue weighted by molar-refractivity contribution is 5.85. The van der Waals surface area contributed by atoms with Crippen LogP contribution in [0.15, 0.2) is 49.4 Å². The Morgan fingerprint density at radius 2 is 2.15 bits per heavy atom. The number of pyridine rings is 2. The summed E-state index contributed by atoms with van der Waals surface area (Å²) in [4.78, 5) is 19.0. The van der Waals surface area contributed by atoms with E-state index in [4.69, 9.17) is 9.72 Å². The van der Waals surface area contributed by atoms with Crippen LogP contribution in [0.3, 0.4) is 0 Å². The molecular weight excluding hydrogens is 430 g/mol. The number of carbonyl (C=O) groups is 1. The molecule has 2 N–H and O–H groups in total. The molecule has 3 aromatic heterocycles. The summed E-state index contributed by atoms with van der Waals surface area (Å²) < 4.78 is 7.37. The zero-order valence-corrected chi connectivity index (χ0v) is 19.5. The Morgan fingerprint density at radius 3 is 2.79 bits per heavy atom. The molecule has 0 aromatic carbocycles. The van der Waals surface area contributed by atoms with E-state index >= 15 is 0 Å². The monoisotopic (exact) mass is 459 g/mol. The fraction of sp³-hybridized carbons (Fsp3) is 0.360. The fourth-order valence-electron chi connectivity index (χ4n) is 4.21. The Labute approximate surface area is 199 Å². The van der Waals surface area contributed by atoms with Gasteiger partial charge in [-0.05, 0) is 44.9 Å². The third-order valence-corrected chi connectivity index (χ3v) is 6.09. The number of nitriles is 1. The molecule has 3 aromatic rings. The lowest BCUT2D eigenvalue weighted by atomic mass is 9.89. The normalized spacial score (nSPS) is 14.9. The maximum atomic E-state index is 12.1. The lowest BCUT2D eigenvalue weighted by molar-refractivity contribution is 0.219. The lowest BCUT2D eigenvalue weighted by Crippen LogP contribution is -2.55. The lowest BCUT2D eigenvalue weighted by Gasteiger charge is -2.40. The van der Waals surface area contributed by atoms with Gasteiger partial charge in [0.25, 0.3) is 0 Å². The van der Waals surface area contributed by atoms with Gasteiger partial charge in [-0.25, -0.2) is 14.3 Å². The van der Waals surface area contributed by atoms with E-state index in [9.17, 15) is 10.1 Å². The molecule has 4 rings (SSSR count). The molecule has 0 radical (unpaired) electrons. The molecule has 2 amide bonds. The maximum Gasteiger partial charge on any atom is 0.315 e. The van der Waals surface area contributed by atoms with Gasteiger partial charge in [-0.3, -0.25) is 0 Å². The van der Waals surface area contributed by atoms with Crippen LogP contribution in [0.1, 0.15) is 32.3 Å². The number of fused-ring (bicyclic) bond motifs is 1. The van der Waals surface area contributed by atoms with Crippen molar-refractivity contribution in [2.45, 2.75) is 32.2 Å². The minimum absolute atomic E-state index is 0.171. The van der Waals surface area contributed by atoms with Crippen molar-refractivity contribution in [3.8, 4) is 22.9 Å². The molecule has 176 valence electrons. The van der Waals surface area contributed by atoms with Crippen molar-refractivity contribution >= 4 is 17.4 Å². The van der Waals surface area contributed by atoms with Crippen LogP contribution in [0, 0.1) is 11.3 Å². The second kappa shape index (κ2) is 9.83. The largest absolute Gasteiger partial charge is 0.492 e. The zero-order valence-electron chi connectivity index (χ0n) is 19.5. The first kappa shape index (κ1) is 23.1. The predicted octanol–water partition coefficient (Wildman–Crippen LogP) is 3.51. The molecule has 0 saturated carbocycles. The zero-order chi connectivity index (χ0) is 24.1. The van der Waals surface area contributed by atoms with E-state index in [1.807, 2.05) is 31.3 Å². The molecule has 0 atom stereocenters. The minimum Gasteiger partial charge on any atom is -0.492 e. The van der Waals surface area contributed by atoms with Crippen molar-refractivity contribution in [1.82, 2.24) is 25.2 Å². The summed E-state index contributed by atoms with van der Waals surface area (Å²) in [6.07, 6.45) is 8.45. The predicted molar refractivity (Wildman–Crippen MR) is 131 cm³/mol. The minimum atomic E-state index is -0.261. The standard InChI is InChI=1S/C25H29N7O2/c1-4-10-27-24(33)30-25(3)8-11-31(12-9-25)22-7-6-18(15-28-22)21-13-20(34-5-2)17-32-23(21)19(14-26)16-29-32/h4,6-7,13,15-17H,1,5,8-12H2,2-3H3,(H2,27,30,33). The highest BCUT2D eigenvalue weighted by Crippen LogP contribution is 2.32. The first-order chi connectivity index (χ1) is 16.5. The Hall–Kier alpha value is -4.06. The summed E-state index contributed by atoms with van der Waals surface area (Å²) in [6, 6.07) is 7.97. The van der Waals surface area contributed by atoms with E-state index in [0.29, 0.717) is 24.5 Å². The van der Waals surface area contributed by atoms with Gasteiger partial charge in [-0.15, -0.1) is 6.58 Å². The molecule has 1 aliphatic heterocycles. The fourth-order valence-corrected chi connectivity index (χ4v) is 4.21. The van der Waals surface area contributed by atoms with E-state index < -0.39 is 0 Å². The van der Waals surface area contributed by atoms with Crippen molar-refractivity contribution < 1.29 is 9.53 Å². The molecule has 1 fully saturated rings. The van der Waals surface area contributed by atoms with Crippen LogP contribution in [0.25, 0.3) is 16.6 Å². The summed E-state index contributed by atoms with van der Waals surface area (Å²) in [5, 5.41) is 19.7. The van der Waals surface area contributed by atoms with Crippen molar-refractivity contribution in [2.75, 3.05) is 31.1 Å². The number of nitrogens with zero attached hydrogens (tertiary/aromatic N) is 5. The number of aromatic nitrogens is 3. The summed E-state index contributed by atoms with van der Waals surface area (Å²) >= 11 is 0. The van der Waals surface area contributed by atoms with Gasteiger partial charge in [0, 0.05) is 42.5 Å². The van der Waals surface area contributed by atoms with Gasteiger partial charge in [0.2, 0.25) is 0 Å². The molecule has 9 nitrogen and oxygen atoms in total. The van der Waals surface area contributed by atoms with Crippen molar-refractivity contribution in [3.05, 3.63) is 55.0 Å². The van der Waals surface area contributed by atoms with E-state index in [1.54, 1.807) is 23.0 Å². The molecular formula is C25H29N7O2. The number of carbonyl (C=O) groups excluding carboxylic acids is 1. The van der Waals surface area contributed by atoms with E-state index in [2.05, 4.69) is 40.2 Å². The molecule has 0 unspecified atom stereocenters. The van der Waals surface area contributed by atoms with Crippen molar-refractivity contribution in [2.24, 2.45) is 0 Å². The Balaban J connectivity index is 1.51. The summed E-state index contributed by atoms with van der Waals surface area (Å²) in [5.41, 5.74) is 2.70. The van der Waals surface area contributed by atoms with Gasteiger partial charge in [-0.1, -0.05) is 6.08 Å². The van der Waals surface area contributed by atoms with Gasteiger partial charge in [0.15, 0.2) is 0 Å². The van der Waals surface area contributed by atoms with Gasteiger partial charge < -0.3 is 20.3 Å². The molecule has 9 heteroatoms. The van der Waals surface area contributed by atoms with Gasteiger partial charge >= 0.3 is 6.03 Å². The molecule has 1 saturated heterocycles. The average Bonchev–Trinajstić information content (AvgIpc) is 3.26. The van der Waals surface area contributed by atoms with E-state index in [0.717, 1.165) is 48.4 Å². The first-order valence-electron chi connectivity index (χ1n) is 11.4. The highest BCUT2D eigenvalue weighted by atomic mass is 16.5. The van der Waals surface area contributed by atoms with Crippen LogP contribution in [0.2, 0.25) is 0 Å². The highest BCUT2D eigenvalue weighted by Gasteiger charge is 2.32. The summed E-state index contributed by atoms with van der Waals surface area (Å²) in [7, 11) is 0. The van der Waals surface area contributed by atoms with Gasteiger partial charge in [-0.2, -0.15) is 10.4 Å². The van der Waals surface area contributed by atoms with Crippen molar-refractivity contribution in [1.29, 1.82) is 5.26 Å². The summed E-state index contributed by atoms with van der Waals surface area (Å²) in [5.74, 6) is 1.56. The number of nitrogens with one attached hydrogen (secondary N) is 2. The third-order valence-electron chi connectivity index (χ3n) is 6.09. The Bertz CT molecular complexity index is 1220. The third kappa shape index (κ3) is 4.81. The second-order valence-electron chi connectivity index (χ2n) is 8.56. The van der Waals surface area contributed by atoms with Crippen molar-refractivity contribution in [3.63, 3.8) is 0 Å². The second-order valence-corrected chi connectivity index (χ2v) is 8.56. The van der Waals surface area contributed by atoms with Crippen LogP contribution >= 0.6 is 0 Å². The molecule has 1 aliphatic rings.